The van der Waals surface area contributed by atoms with Crippen molar-refractivity contribution in [3.63, 3.8) is 0 Å². The van der Waals surface area contributed by atoms with Crippen molar-refractivity contribution in [2.75, 3.05) is 26.2 Å². The van der Waals surface area contributed by atoms with Gasteiger partial charge in [0, 0.05) is 38.3 Å². The zero-order valence-electron chi connectivity index (χ0n) is 10.6. The van der Waals surface area contributed by atoms with E-state index in [9.17, 15) is 0 Å². The summed E-state index contributed by atoms with van der Waals surface area (Å²) in [7, 11) is 0. The highest BCUT2D eigenvalue weighted by atomic mass is 15.2. The lowest BCUT2D eigenvalue weighted by Gasteiger charge is -2.38. The molecule has 2 aliphatic rings. The fourth-order valence-electron chi connectivity index (χ4n) is 3.37. The Morgan fingerprint density at radius 3 is 2.62 bits per heavy atom. The van der Waals surface area contributed by atoms with E-state index < -0.39 is 0 Å². The van der Waals surface area contributed by atoms with E-state index in [1.165, 1.54) is 45.2 Å². The zero-order chi connectivity index (χ0) is 11.4. The lowest BCUT2D eigenvalue weighted by molar-refractivity contribution is 0.146. The van der Waals surface area contributed by atoms with Crippen LogP contribution in [0.4, 0.5) is 0 Å². The molecule has 2 unspecified atom stereocenters. The van der Waals surface area contributed by atoms with E-state index in [4.69, 9.17) is 5.73 Å². The fourth-order valence-corrected chi connectivity index (χ4v) is 3.37. The average Bonchev–Trinajstić information content (AvgIpc) is 2.70. The van der Waals surface area contributed by atoms with Crippen molar-refractivity contribution in [1.82, 2.24) is 10.2 Å². The fraction of sp³-hybridized carbons (Fsp3) is 1.00. The molecular weight excluding hydrogens is 198 g/mol. The standard InChI is InChI=1S/C13H27N3/c1-11-8-13(10-16(9-11)7-6-14)15-12-4-2-3-5-12/h11-13,15H,2-10,14H2,1H3. The first kappa shape index (κ1) is 12.3. The van der Waals surface area contributed by atoms with Crippen LogP contribution in [0.1, 0.15) is 39.0 Å². The maximum absolute atomic E-state index is 5.65. The number of nitrogens with one attached hydrogen (secondary N) is 1. The largest absolute Gasteiger partial charge is 0.329 e. The zero-order valence-corrected chi connectivity index (χ0v) is 10.6. The van der Waals surface area contributed by atoms with Crippen molar-refractivity contribution in [2.45, 2.75) is 51.1 Å². The van der Waals surface area contributed by atoms with Gasteiger partial charge in [0.15, 0.2) is 0 Å². The Labute approximate surface area is 99.8 Å². The smallest absolute Gasteiger partial charge is 0.0200 e. The van der Waals surface area contributed by atoms with E-state index in [0.717, 1.165) is 25.0 Å². The minimum atomic E-state index is 0.707. The summed E-state index contributed by atoms with van der Waals surface area (Å²) in [6, 6.07) is 1.51. The number of hydrogen-bond donors (Lipinski definition) is 2. The van der Waals surface area contributed by atoms with Crippen molar-refractivity contribution >= 4 is 0 Å². The Bertz CT molecular complexity index is 201. The SMILES string of the molecule is CC1CC(NC2CCCC2)CN(CCN)C1. The molecule has 0 aromatic heterocycles. The maximum Gasteiger partial charge on any atom is 0.0200 e. The minimum absolute atomic E-state index is 0.707. The Kier molecular flexibility index (Phi) is 4.62. The van der Waals surface area contributed by atoms with Crippen molar-refractivity contribution in [3.8, 4) is 0 Å². The molecule has 0 amide bonds. The second kappa shape index (κ2) is 5.99. The molecule has 1 saturated heterocycles. The third kappa shape index (κ3) is 3.44. The molecule has 0 spiro atoms. The lowest BCUT2D eigenvalue weighted by Crippen LogP contribution is -2.51. The van der Waals surface area contributed by atoms with Gasteiger partial charge in [0.1, 0.15) is 0 Å². The van der Waals surface area contributed by atoms with Gasteiger partial charge in [-0.25, -0.2) is 0 Å². The second-order valence-corrected chi connectivity index (χ2v) is 5.73. The predicted molar refractivity (Wildman–Crippen MR) is 68.5 cm³/mol. The van der Waals surface area contributed by atoms with Crippen LogP contribution >= 0.6 is 0 Å². The van der Waals surface area contributed by atoms with Gasteiger partial charge in [-0.2, -0.15) is 0 Å². The van der Waals surface area contributed by atoms with E-state index in [2.05, 4.69) is 17.1 Å². The van der Waals surface area contributed by atoms with Crippen molar-refractivity contribution in [2.24, 2.45) is 11.7 Å². The van der Waals surface area contributed by atoms with Crippen LogP contribution in [-0.2, 0) is 0 Å². The van der Waals surface area contributed by atoms with Crippen molar-refractivity contribution in [1.29, 1.82) is 0 Å². The van der Waals surface area contributed by atoms with Gasteiger partial charge in [-0.1, -0.05) is 19.8 Å². The number of likely N-dealkylation sites (tertiary alicyclic amines) is 1. The Morgan fingerprint density at radius 2 is 1.94 bits per heavy atom. The summed E-state index contributed by atoms with van der Waals surface area (Å²) in [5.74, 6) is 0.819. The molecule has 0 bridgehead atoms. The maximum atomic E-state index is 5.65. The van der Waals surface area contributed by atoms with Gasteiger partial charge in [-0.3, -0.25) is 0 Å². The van der Waals surface area contributed by atoms with Gasteiger partial charge < -0.3 is 16.0 Å². The first-order valence-electron chi connectivity index (χ1n) is 6.96. The van der Waals surface area contributed by atoms with Crippen LogP contribution in [0, 0.1) is 5.92 Å². The third-order valence-electron chi connectivity index (χ3n) is 4.01. The molecule has 0 radical (unpaired) electrons. The Morgan fingerprint density at radius 1 is 1.19 bits per heavy atom. The van der Waals surface area contributed by atoms with Gasteiger partial charge >= 0.3 is 0 Å². The number of nitrogens with zero attached hydrogens (tertiary/aromatic N) is 1. The molecule has 1 saturated carbocycles. The third-order valence-corrected chi connectivity index (χ3v) is 4.01. The van der Waals surface area contributed by atoms with Crippen LogP contribution in [0.3, 0.4) is 0 Å². The van der Waals surface area contributed by atoms with Crippen LogP contribution in [0.25, 0.3) is 0 Å². The summed E-state index contributed by atoms with van der Waals surface area (Å²) in [5, 5.41) is 3.85. The molecule has 2 atom stereocenters. The number of rotatable bonds is 4. The monoisotopic (exact) mass is 225 g/mol. The predicted octanol–water partition coefficient (Wildman–Crippen LogP) is 1.19. The van der Waals surface area contributed by atoms with Gasteiger partial charge in [0.2, 0.25) is 0 Å². The first-order valence-corrected chi connectivity index (χ1v) is 6.96. The number of nitrogens with two attached hydrogens (primary N) is 1. The number of hydrogen-bond acceptors (Lipinski definition) is 3. The summed E-state index contributed by atoms with van der Waals surface area (Å²) < 4.78 is 0. The molecule has 3 N–H and O–H groups in total. The average molecular weight is 225 g/mol. The van der Waals surface area contributed by atoms with Gasteiger partial charge in [-0.15, -0.1) is 0 Å². The van der Waals surface area contributed by atoms with E-state index in [-0.39, 0.29) is 0 Å². The molecule has 1 heterocycles. The first-order chi connectivity index (χ1) is 7.78. The van der Waals surface area contributed by atoms with E-state index in [1.54, 1.807) is 0 Å². The molecular formula is C13H27N3. The van der Waals surface area contributed by atoms with Crippen LogP contribution in [0.15, 0.2) is 0 Å². The highest BCUT2D eigenvalue weighted by Gasteiger charge is 2.26. The van der Waals surface area contributed by atoms with Crippen LogP contribution in [0.2, 0.25) is 0 Å². The number of piperidine rings is 1. The normalized spacial score (nSPS) is 33.4. The summed E-state index contributed by atoms with van der Waals surface area (Å²) >= 11 is 0. The van der Waals surface area contributed by atoms with Gasteiger partial charge in [-0.05, 0) is 25.2 Å². The van der Waals surface area contributed by atoms with Crippen LogP contribution in [-0.4, -0.2) is 43.2 Å². The molecule has 94 valence electrons. The molecule has 1 aliphatic heterocycles. The van der Waals surface area contributed by atoms with Crippen LogP contribution < -0.4 is 11.1 Å². The molecule has 2 rings (SSSR count). The second-order valence-electron chi connectivity index (χ2n) is 5.73. The summed E-state index contributed by atoms with van der Waals surface area (Å²) in [4.78, 5) is 2.53. The molecule has 0 aromatic carbocycles. The molecule has 3 heteroatoms. The van der Waals surface area contributed by atoms with Gasteiger partial charge in [0.25, 0.3) is 0 Å². The topological polar surface area (TPSA) is 41.3 Å². The van der Waals surface area contributed by atoms with E-state index in [1.807, 2.05) is 0 Å². The van der Waals surface area contributed by atoms with Crippen molar-refractivity contribution < 1.29 is 0 Å². The molecule has 16 heavy (non-hydrogen) atoms. The van der Waals surface area contributed by atoms with Gasteiger partial charge in [0.05, 0.1) is 0 Å². The Hall–Kier alpha value is -0.120. The highest BCUT2D eigenvalue weighted by Crippen LogP contribution is 2.21. The quantitative estimate of drug-likeness (QED) is 0.755. The van der Waals surface area contributed by atoms with Crippen LogP contribution in [0.5, 0.6) is 0 Å². The van der Waals surface area contributed by atoms with E-state index in [0.29, 0.717) is 6.04 Å². The van der Waals surface area contributed by atoms with Crippen molar-refractivity contribution in [3.05, 3.63) is 0 Å². The highest BCUT2D eigenvalue weighted by molar-refractivity contribution is 4.86. The Balaban J connectivity index is 1.78. The minimum Gasteiger partial charge on any atom is -0.329 e. The van der Waals surface area contributed by atoms with E-state index >= 15 is 0 Å². The molecule has 0 aromatic rings. The molecule has 1 aliphatic carbocycles. The molecule has 3 nitrogen and oxygen atoms in total. The summed E-state index contributed by atoms with van der Waals surface area (Å²) in [5.41, 5.74) is 5.65. The lowest BCUT2D eigenvalue weighted by atomic mass is 9.95. The summed E-state index contributed by atoms with van der Waals surface area (Å²) in [6.45, 7) is 6.67. The summed E-state index contributed by atoms with van der Waals surface area (Å²) in [6.07, 6.45) is 6.97. The molecule has 2 fully saturated rings.